The SMILES string of the molecule is O=C(NC1(C(=O)O)CCCC1)c1sc2ccccc2c1OCc1ccc2ccccc2n1. The number of carboxylic acids is 1. The molecule has 1 fully saturated rings. The van der Waals surface area contributed by atoms with E-state index in [1.54, 1.807) is 0 Å². The van der Waals surface area contributed by atoms with Crippen LogP contribution in [0.1, 0.15) is 41.0 Å². The minimum absolute atomic E-state index is 0.204. The lowest BCUT2D eigenvalue weighted by Crippen LogP contribution is -2.52. The fourth-order valence-corrected chi connectivity index (χ4v) is 5.34. The van der Waals surface area contributed by atoms with Gasteiger partial charge in [-0.05, 0) is 37.1 Å². The topological polar surface area (TPSA) is 88.5 Å². The first-order valence-corrected chi connectivity index (χ1v) is 11.4. The molecule has 2 aromatic carbocycles. The quantitative estimate of drug-likeness (QED) is 0.427. The zero-order valence-electron chi connectivity index (χ0n) is 17.3. The lowest BCUT2D eigenvalue weighted by molar-refractivity contribution is -0.144. The number of carbonyl (C=O) groups excluding carboxylic acids is 1. The van der Waals surface area contributed by atoms with Crippen molar-refractivity contribution in [3.05, 3.63) is 71.2 Å². The van der Waals surface area contributed by atoms with Gasteiger partial charge >= 0.3 is 5.97 Å². The van der Waals surface area contributed by atoms with Crippen LogP contribution in [0.2, 0.25) is 0 Å². The van der Waals surface area contributed by atoms with Gasteiger partial charge in [0.25, 0.3) is 5.91 Å². The summed E-state index contributed by atoms with van der Waals surface area (Å²) in [6.45, 7) is 0.204. The van der Waals surface area contributed by atoms with Gasteiger partial charge in [-0.1, -0.05) is 49.2 Å². The minimum Gasteiger partial charge on any atom is -0.485 e. The largest absolute Gasteiger partial charge is 0.485 e. The average Bonchev–Trinajstić information content (AvgIpc) is 3.43. The molecule has 2 heterocycles. The van der Waals surface area contributed by atoms with Crippen molar-refractivity contribution in [3.8, 4) is 5.75 Å². The molecule has 0 saturated heterocycles. The highest BCUT2D eigenvalue weighted by Gasteiger charge is 2.43. The van der Waals surface area contributed by atoms with E-state index in [4.69, 9.17) is 4.74 Å². The molecule has 0 bridgehead atoms. The predicted octanol–water partition coefficient (Wildman–Crippen LogP) is 5.16. The number of amides is 1. The maximum absolute atomic E-state index is 13.2. The Balaban J connectivity index is 1.46. The fraction of sp³-hybridized carbons (Fsp3) is 0.240. The molecule has 1 aliphatic carbocycles. The molecule has 0 radical (unpaired) electrons. The summed E-state index contributed by atoms with van der Waals surface area (Å²) in [7, 11) is 0. The number of hydrogen-bond donors (Lipinski definition) is 2. The molecule has 0 atom stereocenters. The van der Waals surface area contributed by atoms with Gasteiger partial charge < -0.3 is 15.2 Å². The number of fused-ring (bicyclic) bond motifs is 2. The lowest BCUT2D eigenvalue weighted by atomic mass is 9.97. The second kappa shape index (κ2) is 8.24. The van der Waals surface area contributed by atoms with E-state index in [2.05, 4.69) is 10.3 Å². The van der Waals surface area contributed by atoms with Gasteiger partial charge in [0, 0.05) is 15.5 Å². The van der Waals surface area contributed by atoms with Crippen molar-refractivity contribution >= 4 is 44.2 Å². The molecule has 6 nitrogen and oxygen atoms in total. The Bertz CT molecular complexity index is 1320. The molecule has 1 amide bonds. The van der Waals surface area contributed by atoms with E-state index < -0.39 is 17.4 Å². The van der Waals surface area contributed by atoms with Crippen molar-refractivity contribution in [2.24, 2.45) is 0 Å². The number of carbonyl (C=O) groups is 2. The Hall–Kier alpha value is -3.45. The number of thiophene rings is 1. The maximum Gasteiger partial charge on any atom is 0.329 e. The minimum atomic E-state index is -1.20. The summed E-state index contributed by atoms with van der Waals surface area (Å²) in [6.07, 6.45) is 2.46. The van der Waals surface area contributed by atoms with Crippen LogP contribution in [0, 0.1) is 0 Å². The first-order valence-electron chi connectivity index (χ1n) is 10.6. The molecule has 4 aromatic rings. The van der Waals surface area contributed by atoms with Crippen LogP contribution in [0.25, 0.3) is 21.0 Å². The van der Waals surface area contributed by atoms with Gasteiger partial charge in [0.2, 0.25) is 0 Å². The van der Waals surface area contributed by atoms with E-state index in [1.807, 2.05) is 60.7 Å². The van der Waals surface area contributed by atoms with E-state index >= 15 is 0 Å². The Morgan fingerprint density at radius 2 is 1.78 bits per heavy atom. The van der Waals surface area contributed by atoms with Crippen LogP contribution >= 0.6 is 11.3 Å². The number of benzene rings is 2. The van der Waals surface area contributed by atoms with Crippen LogP contribution in [0.4, 0.5) is 0 Å². The van der Waals surface area contributed by atoms with Gasteiger partial charge in [-0.25, -0.2) is 9.78 Å². The van der Waals surface area contributed by atoms with Crippen LogP contribution in [0.3, 0.4) is 0 Å². The first-order chi connectivity index (χ1) is 15.6. The third kappa shape index (κ3) is 3.69. The number of para-hydroxylation sites is 1. The Morgan fingerprint density at radius 1 is 1.03 bits per heavy atom. The second-order valence-corrected chi connectivity index (χ2v) is 9.14. The van der Waals surface area contributed by atoms with Gasteiger partial charge in [0.1, 0.15) is 17.0 Å². The van der Waals surface area contributed by atoms with E-state index in [-0.39, 0.29) is 6.61 Å². The highest BCUT2D eigenvalue weighted by Crippen LogP contribution is 2.39. The van der Waals surface area contributed by atoms with Gasteiger partial charge in [-0.2, -0.15) is 0 Å². The normalized spacial score (nSPS) is 15.1. The molecule has 2 N–H and O–H groups in total. The summed E-state index contributed by atoms with van der Waals surface area (Å²) in [4.78, 5) is 30.2. The van der Waals surface area contributed by atoms with Crippen molar-refractivity contribution in [1.82, 2.24) is 10.3 Å². The number of carboxylic acid groups (broad SMARTS) is 1. The second-order valence-electron chi connectivity index (χ2n) is 8.09. The number of nitrogens with one attached hydrogen (secondary N) is 1. The molecule has 2 aromatic heterocycles. The van der Waals surface area contributed by atoms with Crippen molar-refractivity contribution in [2.45, 2.75) is 37.8 Å². The van der Waals surface area contributed by atoms with Gasteiger partial charge in [0.05, 0.1) is 11.2 Å². The zero-order chi connectivity index (χ0) is 22.1. The molecule has 0 spiro atoms. The first kappa shape index (κ1) is 20.5. The summed E-state index contributed by atoms with van der Waals surface area (Å²) in [6, 6.07) is 19.4. The number of aromatic nitrogens is 1. The summed E-state index contributed by atoms with van der Waals surface area (Å²) < 4.78 is 7.06. The highest BCUT2D eigenvalue weighted by atomic mass is 32.1. The number of rotatable bonds is 6. The summed E-state index contributed by atoms with van der Waals surface area (Å²) in [5.41, 5.74) is 0.430. The lowest BCUT2D eigenvalue weighted by Gasteiger charge is -2.25. The van der Waals surface area contributed by atoms with Gasteiger partial charge in [0.15, 0.2) is 5.75 Å². The molecule has 1 aliphatic rings. The average molecular weight is 447 g/mol. The monoisotopic (exact) mass is 446 g/mol. The number of aliphatic carboxylic acids is 1. The number of nitrogens with zero attached hydrogens (tertiary/aromatic N) is 1. The van der Waals surface area contributed by atoms with E-state index in [9.17, 15) is 14.7 Å². The van der Waals surface area contributed by atoms with Crippen molar-refractivity contribution in [3.63, 3.8) is 0 Å². The molecule has 7 heteroatoms. The van der Waals surface area contributed by atoms with Crippen LogP contribution in [-0.2, 0) is 11.4 Å². The predicted molar refractivity (Wildman–Crippen MR) is 124 cm³/mol. The third-order valence-corrected chi connectivity index (χ3v) is 7.15. The molecule has 162 valence electrons. The summed E-state index contributed by atoms with van der Waals surface area (Å²) in [5, 5.41) is 14.4. The molecular weight excluding hydrogens is 424 g/mol. The highest BCUT2D eigenvalue weighted by molar-refractivity contribution is 7.21. The molecule has 0 aliphatic heterocycles. The number of ether oxygens (including phenoxy) is 1. The zero-order valence-corrected chi connectivity index (χ0v) is 18.2. The Morgan fingerprint density at radius 3 is 2.59 bits per heavy atom. The maximum atomic E-state index is 13.2. The Labute approximate surface area is 188 Å². The molecule has 32 heavy (non-hydrogen) atoms. The molecule has 0 unspecified atom stereocenters. The fourth-order valence-electron chi connectivity index (χ4n) is 4.29. The van der Waals surface area contributed by atoms with Crippen LogP contribution < -0.4 is 10.1 Å². The number of pyridine rings is 1. The van der Waals surface area contributed by atoms with Crippen LogP contribution in [-0.4, -0.2) is 27.5 Å². The number of hydrogen-bond acceptors (Lipinski definition) is 5. The standard InChI is InChI=1S/C25H22N2O4S/c28-23(27-25(24(29)30)13-5-6-14-25)22-21(18-8-2-4-10-20(18)32-22)31-15-17-12-11-16-7-1-3-9-19(16)26-17/h1-4,7-12H,5-6,13-15H2,(H,27,28)(H,29,30). The van der Waals surface area contributed by atoms with E-state index in [1.165, 1.54) is 11.3 Å². The molecule has 1 saturated carbocycles. The smallest absolute Gasteiger partial charge is 0.329 e. The van der Waals surface area contributed by atoms with E-state index in [0.717, 1.165) is 39.5 Å². The summed E-state index contributed by atoms with van der Waals surface area (Å²) >= 11 is 1.31. The van der Waals surface area contributed by atoms with Gasteiger partial charge in [-0.3, -0.25) is 4.79 Å². The molecular formula is C25H22N2O4S. The van der Waals surface area contributed by atoms with E-state index in [0.29, 0.717) is 23.5 Å². The molecule has 5 rings (SSSR count). The van der Waals surface area contributed by atoms with Crippen LogP contribution in [0.15, 0.2) is 60.7 Å². The third-order valence-electron chi connectivity index (χ3n) is 6.00. The van der Waals surface area contributed by atoms with Gasteiger partial charge in [-0.15, -0.1) is 11.3 Å². The van der Waals surface area contributed by atoms with Crippen LogP contribution in [0.5, 0.6) is 5.75 Å². The van der Waals surface area contributed by atoms with Crippen molar-refractivity contribution < 1.29 is 19.4 Å². The summed E-state index contributed by atoms with van der Waals surface area (Å²) in [5.74, 6) is -0.916. The van der Waals surface area contributed by atoms with Crippen molar-refractivity contribution in [2.75, 3.05) is 0 Å². The Kier molecular flexibility index (Phi) is 5.27. The van der Waals surface area contributed by atoms with Crippen molar-refractivity contribution in [1.29, 1.82) is 0 Å².